The maximum absolute atomic E-state index is 12.7. The molecule has 2 aliphatic rings. The fourth-order valence-corrected chi connectivity index (χ4v) is 3.63. The van der Waals surface area contributed by atoms with Crippen LogP contribution in [-0.4, -0.2) is 73.7 Å². The van der Waals surface area contributed by atoms with E-state index in [1.165, 1.54) is 23.1 Å². The molecular formula is C19H25F2N3O4. The van der Waals surface area contributed by atoms with E-state index in [1.54, 1.807) is 11.0 Å². The van der Waals surface area contributed by atoms with Crippen molar-refractivity contribution in [3.63, 3.8) is 0 Å². The summed E-state index contributed by atoms with van der Waals surface area (Å²) in [7, 11) is 0. The van der Waals surface area contributed by atoms with Gasteiger partial charge in [0.05, 0.1) is 11.6 Å². The molecule has 9 heteroatoms. The Morgan fingerprint density at radius 2 is 1.68 bits per heavy atom. The largest absolute Gasteiger partial charge is 0.434 e. The van der Waals surface area contributed by atoms with Gasteiger partial charge in [0.2, 0.25) is 5.91 Å². The molecule has 2 aliphatic heterocycles. The fraction of sp³-hybridized carbons (Fsp3) is 0.579. The zero-order chi connectivity index (χ0) is 20.1. The minimum atomic E-state index is -3.00. The van der Waals surface area contributed by atoms with Gasteiger partial charge in [-0.3, -0.25) is 9.59 Å². The number of carbonyl (C=O) groups is 2. The minimum absolute atomic E-state index is 0.0847. The molecule has 1 atom stereocenters. The molecule has 3 rings (SSSR count). The molecule has 0 spiro atoms. The van der Waals surface area contributed by atoms with E-state index in [-0.39, 0.29) is 23.1 Å². The molecular weight excluding hydrogens is 372 g/mol. The number of para-hydroxylation sites is 1. The van der Waals surface area contributed by atoms with E-state index < -0.39 is 18.6 Å². The van der Waals surface area contributed by atoms with E-state index in [1.807, 2.05) is 0 Å². The van der Waals surface area contributed by atoms with Crippen molar-refractivity contribution in [2.75, 3.05) is 39.4 Å². The SMILES string of the molecule is NC(C(=O)N1CCN(C(=O)c2ccccc2OC(F)F)CC1)C1CCOCC1. The van der Waals surface area contributed by atoms with E-state index in [9.17, 15) is 18.4 Å². The van der Waals surface area contributed by atoms with E-state index in [0.29, 0.717) is 39.4 Å². The predicted octanol–water partition coefficient (Wildman–Crippen LogP) is 1.33. The van der Waals surface area contributed by atoms with Gasteiger partial charge >= 0.3 is 6.61 Å². The second-order valence-electron chi connectivity index (χ2n) is 6.97. The molecule has 0 aromatic heterocycles. The Labute approximate surface area is 162 Å². The summed E-state index contributed by atoms with van der Waals surface area (Å²) in [5, 5.41) is 0. The van der Waals surface area contributed by atoms with Crippen molar-refractivity contribution in [1.29, 1.82) is 0 Å². The van der Waals surface area contributed by atoms with Gasteiger partial charge < -0.3 is 25.0 Å². The molecule has 0 aliphatic carbocycles. The van der Waals surface area contributed by atoms with Crippen LogP contribution in [0, 0.1) is 5.92 Å². The van der Waals surface area contributed by atoms with Gasteiger partial charge in [-0.2, -0.15) is 8.78 Å². The molecule has 1 unspecified atom stereocenters. The molecule has 7 nitrogen and oxygen atoms in total. The third-order valence-electron chi connectivity index (χ3n) is 5.27. The first kappa shape index (κ1) is 20.5. The first-order chi connectivity index (χ1) is 13.5. The lowest BCUT2D eigenvalue weighted by Gasteiger charge is -2.37. The summed E-state index contributed by atoms with van der Waals surface area (Å²) in [5.41, 5.74) is 6.24. The van der Waals surface area contributed by atoms with Crippen molar-refractivity contribution >= 4 is 11.8 Å². The van der Waals surface area contributed by atoms with Crippen molar-refractivity contribution in [1.82, 2.24) is 9.80 Å². The number of halogens is 2. The highest BCUT2D eigenvalue weighted by Gasteiger charge is 2.33. The van der Waals surface area contributed by atoms with Crippen LogP contribution in [0.1, 0.15) is 23.2 Å². The van der Waals surface area contributed by atoms with Crippen LogP contribution < -0.4 is 10.5 Å². The number of amides is 2. The lowest BCUT2D eigenvalue weighted by atomic mass is 9.91. The number of rotatable bonds is 5. The number of carbonyl (C=O) groups excluding carboxylic acids is 2. The first-order valence-corrected chi connectivity index (χ1v) is 9.42. The van der Waals surface area contributed by atoms with Crippen molar-refractivity contribution in [3.05, 3.63) is 29.8 Å². The Morgan fingerprint density at radius 3 is 2.32 bits per heavy atom. The number of hydrogen-bond acceptors (Lipinski definition) is 5. The highest BCUT2D eigenvalue weighted by atomic mass is 19.3. The number of ether oxygens (including phenoxy) is 2. The average Bonchev–Trinajstić information content (AvgIpc) is 2.73. The average molecular weight is 397 g/mol. The summed E-state index contributed by atoms with van der Waals surface area (Å²) in [5.74, 6) is -0.542. The summed E-state index contributed by atoms with van der Waals surface area (Å²) in [6, 6.07) is 5.36. The standard InChI is InChI=1S/C19H25F2N3O4/c20-19(21)28-15-4-2-1-3-14(15)17(25)23-7-9-24(10-8-23)18(26)16(22)13-5-11-27-12-6-13/h1-4,13,16,19H,5-12,22H2. The van der Waals surface area contributed by atoms with E-state index >= 15 is 0 Å². The number of alkyl halides is 2. The monoisotopic (exact) mass is 397 g/mol. The van der Waals surface area contributed by atoms with Gasteiger partial charge in [-0.15, -0.1) is 0 Å². The van der Waals surface area contributed by atoms with Gasteiger partial charge in [-0.05, 0) is 30.9 Å². The van der Waals surface area contributed by atoms with Crippen LogP contribution in [0.15, 0.2) is 24.3 Å². The molecule has 2 amide bonds. The van der Waals surface area contributed by atoms with Crippen molar-refractivity contribution < 1.29 is 27.8 Å². The smallest absolute Gasteiger partial charge is 0.387 e. The number of piperazine rings is 1. The second kappa shape index (κ2) is 9.29. The normalized spacial score (nSPS) is 19.6. The quantitative estimate of drug-likeness (QED) is 0.810. The molecule has 28 heavy (non-hydrogen) atoms. The molecule has 1 aromatic carbocycles. The summed E-state index contributed by atoms with van der Waals surface area (Å²) in [4.78, 5) is 28.6. The summed E-state index contributed by atoms with van der Waals surface area (Å²) in [6.07, 6.45) is 1.54. The molecule has 2 N–H and O–H groups in total. The Hall–Kier alpha value is -2.26. The number of hydrogen-bond donors (Lipinski definition) is 1. The maximum atomic E-state index is 12.7. The summed E-state index contributed by atoms with van der Waals surface area (Å²) >= 11 is 0. The van der Waals surface area contributed by atoms with Gasteiger partial charge in [0.25, 0.3) is 5.91 Å². The summed E-state index contributed by atoms with van der Waals surface area (Å²) < 4.78 is 34.9. The Bertz CT molecular complexity index is 690. The molecule has 0 saturated carbocycles. The molecule has 0 bridgehead atoms. The van der Waals surface area contributed by atoms with Crippen LogP contribution in [0.3, 0.4) is 0 Å². The van der Waals surface area contributed by atoms with E-state index in [2.05, 4.69) is 4.74 Å². The molecule has 154 valence electrons. The van der Waals surface area contributed by atoms with Crippen LogP contribution >= 0.6 is 0 Å². The van der Waals surface area contributed by atoms with Crippen LogP contribution in [0.4, 0.5) is 8.78 Å². The fourth-order valence-electron chi connectivity index (χ4n) is 3.63. The highest BCUT2D eigenvalue weighted by molar-refractivity contribution is 5.97. The molecule has 0 radical (unpaired) electrons. The molecule has 1 aromatic rings. The van der Waals surface area contributed by atoms with Gasteiger partial charge in [-0.25, -0.2) is 0 Å². The first-order valence-electron chi connectivity index (χ1n) is 9.42. The maximum Gasteiger partial charge on any atom is 0.387 e. The van der Waals surface area contributed by atoms with E-state index in [4.69, 9.17) is 10.5 Å². The van der Waals surface area contributed by atoms with Crippen LogP contribution in [0.25, 0.3) is 0 Å². The van der Waals surface area contributed by atoms with Gasteiger partial charge in [-0.1, -0.05) is 12.1 Å². The van der Waals surface area contributed by atoms with Gasteiger partial charge in [0, 0.05) is 39.4 Å². The van der Waals surface area contributed by atoms with E-state index in [0.717, 1.165) is 12.8 Å². The third kappa shape index (κ3) is 4.77. The van der Waals surface area contributed by atoms with Gasteiger partial charge in [0.15, 0.2) is 0 Å². The van der Waals surface area contributed by atoms with Crippen molar-refractivity contribution in [3.8, 4) is 5.75 Å². The summed E-state index contributed by atoms with van der Waals surface area (Å²) in [6.45, 7) is -0.418. The van der Waals surface area contributed by atoms with Crippen LogP contribution in [-0.2, 0) is 9.53 Å². The number of benzene rings is 1. The predicted molar refractivity (Wildman–Crippen MR) is 97.1 cm³/mol. The van der Waals surface area contributed by atoms with Gasteiger partial charge in [0.1, 0.15) is 5.75 Å². The zero-order valence-electron chi connectivity index (χ0n) is 15.6. The number of nitrogens with zero attached hydrogens (tertiary/aromatic N) is 2. The lowest BCUT2D eigenvalue weighted by molar-refractivity contribution is -0.136. The lowest BCUT2D eigenvalue weighted by Crippen LogP contribution is -2.56. The van der Waals surface area contributed by atoms with Crippen molar-refractivity contribution in [2.45, 2.75) is 25.5 Å². The third-order valence-corrected chi connectivity index (χ3v) is 5.27. The van der Waals surface area contributed by atoms with Crippen LogP contribution in [0.2, 0.25) is 0 Å². The minimum Gasteiger partial charge on any atom is -0.434 e. The Kier molecular flexibility index (Phi) is 6.79. The zero-order valence-corrected chi connectivity index (χ0v) is 15.6. The topological polar surface area (TPSA) is 85.1 Å². The second-order valence-corrected chi connectivity index (χ2v) is 6.97. The Balaban J connectivity index is 1.58. The Morgan fingerprint density at radius 1 is 1.07 bits per heavy atom. The van der Waals surface area contributed by atoms with Crippen LogP contribution in [0.5, 0.6) is 5.75 Å². The molecule has 2 fully saturated rings. The van der Waals surface area contributed by atoms with Crippen molar-refractivity contribution in [2.24, 2.45) is 11.7 Å². The number of nitrogens with two attached hydrogens (primary N) is 1. The molecule has 2 heterocycles. The highest BCUT2D eigenvalue weighted by Crippen LogP contribution is 2.23. The molecule has 2 saturated heterocycles.